The fourth-order valence-electron chi connectivity index (χ4n) is 8.21. The van der Waals surface area contributed by atoms with E-state index in [9.17, 15) is 13.2 Å². The van der Waals surface area contributed by atoms with E-state index in [4.69, 9.17) is 29.1 Å². The molecule has 1 spiro atoms. The van der Waals surface area contributed by atoms with Gasteiger partial charge in [0.2, 0.25) is 5.91 Å². The number of hydrogen-bond donors (Lipinski definition) is 1. The molecule has 1 aliphatic heterocycles. The molecule has 1 heterocycles. The van der Waals surface area contributed by atoms with Gasteiger partial charge in [-0.2, -0.15) is 0 Å². The summed E-state index contributed by atoms with van der Waals surface area (Å²) in [5, 5.41) is 0.725. The second kappa shape index (κ2) is 13.6. The van der Waals surface area contributed by atoms with Crippen LogP contribution in [0.25, 0.3) is 0 Å². The number of carbonyl (C=O) groups is 1. The number of benzene rings is 2. The molecule has 250 valence electrons. The Bertz CT molecular complexity index is 1630. The first-order chi connectivity index (χ1) is 22.5. The van der Waals surface area contributed by atoms with Crippen LogP contribution in [0.4, 0.5) is 5.69 Å². The number of sulfonamides is 1. The molecular formula is C36H45BClN3O5S. The van der Waals surface area contributed by atoms with Gasteiger partial charge in [0, 0.05) is 43.7 Å². The Kier molecular flexibility index (Phi) is 9.87. The lowest BCUT2D eigenvalue weighted by molar-refractivity contribution is -0.134. The highest BCUT2D eigenvalue weighted by atomic mass is 35.5. The molecule has 47 heavy (non-hydrogen) atoms. The van der Waals surface area contributed by atoms with E-state index in [1.54, 1.807) is 25.3 Å². The molecule has 0 saturated heterocycles. The van der Waals surface area contributed by atoms with E-state index in [0.29, 0.717) is 62.4 Å². The molecular weight excluding hydrogens is 633 g/mol. The van der Waals surface area contributed by atoms with Crippen molar-refractivity contribution in [1.82, 2.24) is 9.53 Å². The minimum atomic E-state index is -4.18. The van der Waals surface area contributed by atoms with Crippen molar-refractivity contribution >= 4 is 41.2 Å². The standard InChI is InChI=1S/C36H45BClN3O5S/c1-4-18-41(37)23-35(16-7-17-35)34(42)39-47(43,44)28-11-14-33-31(20-28)40(21-26-9-12-29(26)32(5-2)45-3)22-36(24-46-33)15-6-8-25-19-27(38)10-13-30(25)36/h4-5,10-11,13-14,19-20,26,29,32H,1-2,6-9,12,15-18,21-24H2,3H3,(H,39,42)/t26-,29+,32+,36-/m0/s1. The first-order valence-corrected chi connectivity index (χ1v) is 18.5. The molecule has 0 aromatic heterocycles. The number of ether oxygens (including phenoxy) is 2. The summed E-state index contributed by atoms with van der Waals surface area (Å²) in [7, 11) is 3.63. The number of aryl methyl sites for hydroxylation is 1. The molecule has 3 aliphatic carbocycles. The largest absolute Gasteiger partial charge is 0.490 e. The minimum absolute atomic E-state index is 0.0289. The number of halogens is 1. The summed E-state index contributed by atoms with van der Waals surface area (Å²) >= 11 is 6.42. The number of nitrogens with zero attached hydrogens (tertiary/aromatic N) is 2. The van der Waals surface area contributed by atoms with Crippen LogP contribution in [0.2, 0.25) is 5.02 Å². The Morgan fingerprint density at radius 2 is 2.02 bits per heavy atom. The average Bonchev–Trinajstić information content (AvgIpc) is 3.16. The number of amides is 1. The molecule has 2 aromatic rings. The van der Waals surface area contributed by atoms with Crippen molar-refractivity contribution in [3.8, 4) is 5.75 Å². The Morgan fingerprint density at radius 1 is 1.21 bits per heavy atom. The number of carbonyl (C=O) groups excluding carboxylic acids is 1. The van der Waals surface area contributed by atoms with Crippen molar-refractivity contribution in [2.75, 3.05) is 44.8 Å². The van der Waals surface area contributed by atoms with Crippen LogP contribution in [0.3, 0.4) is 0 Å². The summed E-state index contributed by atoms with van der Waals surface area (Å²) in [5.41, 5.74) is 2.06. The van der Waals surface area contributed by atoms with Crippen LogP contribution in [0.5, 0.6) is 5.75 Å². The van der Waals surface area contributed by atoms with Gasteiger partial charge in [-0.3, -0.25) is 4.79 Å². The highest BCUT2D eigenvalue weighted by molar-refractivity contribution is 7.90. The summed E-state index contributed by atoms with van der Waals surface area (Å²) in [4.78, 5) is 17.4. The molecule has 4 atom stereocenters. The Labute approximate surface area is 286 Å². The van der Waals surface area contributed by atoms with Gasteiger partial charge in [-0.25, -0.2) is 13.1 Å². The molecule has 11 heteroatoms. The van der Waals surface area contributed by atoms with E-state index >= 15 is 0 Å². The van der Waals surface area contributed by atoms with Gasteiger partial charge in [-0.05, 0) is 98.2 Å². The quantitative estimate of drug-likeness (QED) is 0.232. The normalized spacial score (nSPS) is 25.3. The van der Waals surface area contributed by atoms with E-state index in [1.807, 2.05) is 12.1 Å². The lowest BCUT2D eigenvalue weighted by atomic mass is 9.67. The van der Waals surface area contributed by atoms with Crippen molar-refractivity contribution in [3.05, 3.63) is 77.9 Å². The molecule has 4 aliphatic rings. The number of fused-ring (bicyclic) bond motifs is 3. The van der Waals surface area contributed by atoms with Crippen LogP contribution in [-0.2, 0) is 31.4 Å². The van der Waals surface area contributed by atoms with E-state index in [1.165, 1.54) is 22.0 Å². The maximum atomic E-state index is 13.8. The lowest BCUT2D eigenvalue weighted by Gasteiger charge is -2.46. The zero-order valence-electron chi connectivity index (χ0n) is 27.3. The van der Waals surface area contributed by atoms with Crippen molar-refractivity contribution in [3.63, 3.8) is 0 Å². The molecule has 2 aromatic carbocycles. The Morgan fingerprint density at radius 3 is 2.68 bits per heavy atom. The minimum Gasteiger partial charge on any atom is -0.490 e. The first-order valence-electron chi connectivity index (χ1n) is 16.7. The fourth-order valence-corrected chi connectivity index (χ4v) is 9.50. The predicted molar refractivity (Wildman–Crippen MR) is 187 cm³/mol. The monoisotopic (exact) mass is 677 g/mol. The van der Waals surface area contributed by atoms with Crippen LogP contribution in [0.1, 0.15) is 56.1 Å². The van der Waals surface area contributed by atoms with Gasteiger partial charge >= 0.3 is 0 Å². The van der Waals surface area contributed by atoms with E-state index in [-0.39, 0.29) is 23.0 Å². The van der Waals surface area contributed by atoms with E-state index < -0.39 is 21.3 Å². The van der Waals surface area contributed by atoms with Gasteiger partial charge < -0.3 is 19.2 Å². The average molecular weight is 678 g/mol. The van der Waals surface area contributed by atoms with Crippen molar-refractivity contribution in [2.45, 2.75) is 67.8 Å². The van der Waals surface area contributed by atoms with Crippen LogP contribution in [0, 0.1) is 17.3 Å². The summed E-state index contributed by atoms with van der Waals surface area (Å²) in [6.45, 7) is 10.2. The molecule has 0 unspecified atom stereocenters. The fraction of sp³-hybridized carbons (Fsp3) is 0.528. The summed E-state index contributed by atoms with van der Waals surface area (Å²) < 4.78 is 42.4. The van der Waals surface area contributed by atoms with Gasteiger partial charge in [0.05, 0.1) is 28.7 Å². The summed E-state index contributed by atoms with van der Waals surface area (Å²) in [6.07, 6.45) is 10.5. The Balaban J connectivity index is 1.33. The lowest BCUT2D eigenvalue weighted by Crippen LogP contribution is -2.53. The smallest absolute Gasteiger partial charge is 0.264 e. The number of nitrogens with one attached hydrogen (secondary N) is 1. The third-order valence-electron chi connectivity index (χ3n) is 11.1. The number of hydrogen-bond acceptors (Lipinski definition) is 7. The second-order valence-corrected chi connectivity index (χ2v) is 16.1. The molecule has 2 radical (unpaired) electrons. The maximum Gasteiger partial charge on any atom is 0.264 e. The zero-order valence-corrected chi connectivity index (χ0v) is 28.8. The van der Waals surface area contributed by atoms with E-state index in [2.05, 4.69) is 34.9 Å². The van der Waals surface area contributed by atoms with E-state index in [0.717, 1.165) is 43.5 Å². The predicted octanol–water partition coefficient (Wildman–Crippen LogP) is 5.59. The van der Waals surface area contributed by atoms with Gasteiger partial charge in [0.15, 0.2) is 7.98 Å². The molecule has 2 fully saturated rings. The third-order valence-corrected chi connectivity index (χ3v) is 12.6. The molecule has 0 bridgehead atoms. The van der Waals surface area contributed by atoms with Crippen LogP contribution in [-0.4, -0.2) is 73.1 Å². The number of rotatable bonds is 12. The Hall–Kier alpha value is -2.79. The molecule has 2 saturated carbocycles. The van der Waals surface area contributed by atoms with Gasteiger partial charge in [0.1, 0.15) is 5.75 Å². The van der Waals surface area contributed by atoms with Gasteiger partial charge in [-0.15, -0.1) is 13.2 Å². The zero-order chi connectivity index (χ0) is 33.4. The SMILES string of the molecule is [B]N(CC=C)CC1(C(=O)NS(=O)(=O)c2ccc3c(c2)N(C[C@@H]2CC[C@H]2[C@@H](C=C)OC)C[C@@]2(CCCc4cc(Cl)ccc42)CO3)CCC1. The highest BCUT2D eigenvalue weighted by Crippen LogP contribution is 2.47. The molecule has 8 nitrogen and oxygen atoms in total. The van der Waals surface area contributed by atoms with Crippen molar-refractivity contribution in [1.29, 1.82) is 0 Å². The van der Waals surface area contributed by atoms with Crippen LogP contribution < -0.4 is 14.4 Å². The third kappa shape index (κ3) is 6.63. The number of methoxy groups -OCH3 is 1. The van der Waals surface area contributed by atoms with Crippen LogP contribution in [0.15, 0.2) is 66.6 Å². The van der Waals surface area contributed by atoms with Crippen molar-refractivity contribution in [2.24, 2.45) is 17.3 Å². The van der Waals surface area contributed by atoms with Gasteiger partial charge in [-0.1, -0.05) is 36.2 Å². The van der Waals surface area contributed by atoms with Gasteiger partial charge in [0.25, 0.3) is 10.0 Å². The first kappa shape index (κ1) is 34.1. The molecule has 6 rings (SSSR count). The van der Waals surface area contributed by atoms with Crippen LogP contribution >= 0.6 is 11.6 Å². The second-order valence-electron chi connectivity index (χ2n) is 14.0. The summed E-state index contributed by atoms with van der Waals surface area (Å²) in [6, 6.07) is 11.1. The topological polar surface area (TPSA) is 88.2 Å². The van der Waals surface area contributed by atoms with Crippen molar-refractivity contribution < 1.29 is 22.7 Å². The summed E-state index contributed by atoms with van der Waals surface area (Å²) in [5.74, 6) is 0.777. The number of anilines is 1. The highest BCUT2D eigenvalue weighted by Gasteiger charge is 2.47. The molecule has 1 amide bonds. The maximum absolute atomic E-state index is 13.8. The molecule has 1 N–H and O–H groups in total.